The van der Waals surface area contributed by atoms with Crippen molar-refractivity contribution in [1.29, 1.82) is 0 Å². The molecule has 0 aliphatic rings. The van der Waals surface area contributed by atoms with E-state index in [1.165, 1.54) is 16.6 Å². The van der Waals surface area contributed by atoms with Gasteiger partial charge in [-0.05, 0) is 53.6 Å². The maximum absolute atomic E-state index is 12.2. The number of nitrogens with one attached hydrogen (secondary N) is 1. The van der Waals surface area contributed by atoms with Crippen molar-refractivity contribution in [2.75, 3.05) is 7.11 Å². The first-order chi connectivity index (χ1) is 17.0. The van der Waals surface area contributed by atoms with Crippen LogP contribution in [0.1, 0.15) is 16.7 Å². The largest absolute Gasteiger partial charge is 0.493 e. The molecule has 0 unspecified atom stereocenters. The fourth-order valence-corrected chi connectivity index (χ4v) is 3.35. The number of nitrogens with zero attached hydrogens (tertiary/aromatic N) is 5. The van der Waals surface area contributed by atoms with Gasteiger partial charge >= 0.3 is 0 Å². The highest BCUT2D eigenvalue weighted by atomic mass is 35.5. The molecule has 4 aromatic rings. The van der Waals surface area contributed by atoms with E-state index < -0.39 is 5.91 Å². The summed E-state index contributed by atoms with van der Waals surface area (Å²) in [7, 11) is 1.57. The molecule has 35 heavy (non-hydrogen) atoms. The number of halogens is 1. The molecule has 0 spiro atoms. The average Bonchev–Trinajstić information content (AvgIpc) is 3.32. The Morgan fingerprint density at radius 2 is 1.91 bits per heavy atom. The van der Waals surface area contributed by atoms with Crippen LogP contribution < -0.4 is 14.9 Å². The molecule has 1 amide bonds. The van der Waals surface area contributed by atoms with Crippen LogP contribution in [0.15, 0.2) is 71.8 Å². The quantitative estimate of drug-likeness (QED) is 0.280. The summed E-state index contributed by atoms with van der Waals surface area (Å²) in [5.74, 6) is 1.10. The van der Waals surface area contributed by atoms with Crippen LogP contribution in [-0.4, -0.2) is 39.4 Å². The van der Waals surface area contributed by atoms with Gasteiger partial charge in [-0.1, -0.05) is 53.6 Å². The van der Waals surface area contributed by atoms with Crippen LogP contribution in [0.5, 0.6) is 11.5 Å². The van der Waals surface area contributed by atoms with E-state index in [0.29, 0.717) is 34.5 Å². The number of ether oxygens (including phenoxy) is 2. The summed E-state index contributed by atoms with van der Waals surface area (Å²) in [5.41, 5.74) is 6.07. The van der Waals surface area contributed by atoms with E-state index in [1.54, 1.807) is 31.4 Å². The van der Waals surface area contributed by atoms with E-state index in [2.05, 4.69) is 25.9 Å². The lowest BCUT2D eigenvalue weighted by Crippen LogP contribution is -2.24. The first-order valence-electron chi connectivity index (χ1n) is 10.7. The second kappa shape index (κ2) is 11.3. The smallest absolute Gasteiger partial charge is 0.263 e. The molecule has 1 aromatic heterocycles. The number of rotatable bonds is 9. The molecule has 4 rings (SSSR count). The second-order valence-electron chi connectivity index (χ2n) is 7.60. The molecule has 178 valence electrons. The van der Waals surface area contributed by atoms with Crippen LogP contribution in [0.2, 0.25) is 5.02 Å². The van der Waals surface area contributed by atoms with Crippen molar-refractivity contribution in [3.63, 3.8) is 0 Å². The number of carbonyl (C=O) groups is 1. The number of tetrazole rings is 1. The van der Waals surface area contributed by atoms with Gasteiger partial charge < -0.3 is 9.47 Å². The molecule has 0 fully saturated rings. The Kier molecular flexibility index (Phi) is 7.69. The van der Waals surface area contributed by atoms with Gasteiger partial charge in [0.05, 0.1) is 18.3 Å². The van der Waals surface area contributed by atoms with E-state index in [-0.39, 0.29) is 6.54 Å². The van der Waals surface area contributed by atoms with Crippen LogP contribution >= 0.6 is 11.6 Å². The van der Waals surface area contributed by atoms with Gasteiger partial charge in [0.1, 0.15) is 13.2 Å². The van der Waals surface area contributed by atoms with Gasteiger partial charge in [0.25, 0.3) is 5.91 Å². The topological polar surface area (TPSA) is 104 Å². The maximum Gasteiger partial charge on any atom is 0.263 e. The number of hydrazone groups is 1. The first kappa shape index (κ1) is 23.9. The molecule has 0 aliphatic heterocycles. The minimum absolute atomic E-state index is 0.149. The number of carbonyl (C=O) groups excluding carboxylic acids is 1. The third kappa shape index (κ3) is 6.42. The predicted octanol–water partition coefficient (Wildman–Crippen LogP) is 4.04. The highest BCUT2D eigenvalue weighted by Gasteiger charge is 2.11. The number of amides is 1. The lowest BCUT2D eigenvalue weighted by Gasteiger charge is -2.11. The monoisotopic (exact) mass is 490 g/mol. The highest BCUT2D eigenvalue weighted by molar-refractivity contribution is 6.33. The Hall–Kier alpha value is -4.24. The molecule has 0 radical (unpaired) electrons. The molecule has 0 aliphatic carbocycles. The number of hydrogen-bond acceptors (Lipinski definition) is 7. The summed E-state index contributed by atoms with van der Waals surface area (Å²) in [5, 5.41) is 16.5. The van der Waals surface area contributed by atoms with Crippen molar-refractivity contribution in [2.45, 2.75) is 20.1 Å². The molecule has 10 heteroatoms. The molecular weight excluding hydrogens is 468 g/mol. The number of benzene rings is 3. The first-order valence-corrected chi connectivity index (χ1v) is 11.1. The van der Waals surface area contributed by atoms with E-state index in [0.717, 1.165) is 11.1 Å². The zero-order chi connectivity index (χ0) is 24.6. The van der Waals surface area contributed by atoms with E-state index >= 15 is 0 Å². The van der Waals surface area contributed by atoms with Crippen molar-refractivity contribution >= 4 is 23.7 Å². The van der Waals surface area contributed by atoms with Gasteiger partial charge in [0.15, 0.2) is 11.5 Å². The molecule has 1 N–H and O–H groups in total. The van der Waals surface area contributed by atoms with Crippen LogP contribution in [0.4, 0.5) is 0 Å². The summed E-state index contributed by atoms with van der Waals surface area (Å²) in [4.78, 5) is 13.4. The fraction of sp³-hybridized carbons (Fsp3) is 0.160. The van der Waals surface area contributed by atoms with Gasteiger partial charge in [-0.25, -0.2) is 5.43 Å². The molecular formula is C25H23ClN6O3. The lowest BCUT2D eigenvalue weighted by molar-refractivity contribution is -0.122. The van der Waals surface area contributed by atoms with Crippen LogP contribution in [0.25, 0.3) is 11.4 Å². The molecule has 3 aromatic carbocycles. The van der Waals surface area contributed by atoms with Gasteiger partial charge in [-0.3, -0.25) is 4.79 Å². The molecule has 0 saturated heterocycles. The normalized spacial score (nSPS) is 10.9. The molecule has 1 heterocycles. The minimum Gasteiger partial charge on any atom is -0.493 e. The molecule has 9 nitrogen and oxygen atoms in total. The zero-order valence-corrected chi connectivity index (χ0v) is 19.9. The number of aromatic nitrogens is 4. The molecule has 0 atom stereocenters. The number of hydrogen-bond donors (Lipinski definition) is 1. The number of aryl methyl sites for hydroxylation is 1. The van der Waals surface area contributed by atoms with Crippen LogP contribution in [-0.2, 0) is 17.9 Å². The summed E-state index contributed by atoms with van der Waals surface area (Å²) in [6.45, 7) is 2.32. The van der Waals surface area contributed by atoms with Gasteiger partial charge in [-0.2, -0.15) is 9.90 Å². The Balaban J connectivity index is 1.32. The van der Waals surface area contributed by atoms with Crippen molar-refractivity contribution < 1.29 is 14.3 Å². The Bertz CT molecular complexity index is 1340. The van der Waals surface area contributed by atoms with Gasteiger partial charge in [0.2, 0.25) is 5.82 Å². The summed E-state index contributed by atoms with van der Waals surface area (Å²) in [6, 6.07) is 20.7. The maximum atomic E-state index is 12.2. The van der Waals surface area contributed by atoms with Crippen molar-refractivity contribution in [1.82, 2.24) is 25.6 Å². The average molecular weight is 491 g/mol. The van der Waals surface area contributed by atoms with Gasteiger partial charge in [0, 0.05) is 5.56 Å². The van der Waals surface area contributed by atoms with E-state index in [1.807, 2.05) is 49.4 Å². The standard InChI is InChI=1S/C25H23ClN6O3/c1-17-7-9-18(10-8-17)16-35-22-12-11-19(13-23(22)34-2)14-27-28-24(33)15-32-30-25(29-31-32)20-5-3-4-6-21(20)26/h3-14H,15-16H2,1-2H3,(H,28,33)/b27-14+. The third-order valence-electron chi connectivity index (χ3n) is 4.96. The van der Waals surface area contributed by atoms with E-state index in [9.17, 15) is 4.79 Å². The predicted molar refractivity (Wildman–Crippen MR) is 133 cm³/mol. The van der Waals surface area contributed by atoms with Crippen molar-refractivity contribution in [3.05, 3.63) is 88.4 Å². The summed E-state index contributed by atoms with van der Waals surface area (Å²) in [6.07, 6.45) is 1.51. The van der Waals surface area contributed by atoms with Crippen LogP contribution in [0, 0.1) is 6.92 Å². The van der Waals surface area contributed by atoms with Crippen molar-refractivity contribution in [3.8, 4) is 22.9 Å². The second-order valence-corrected chi connectivity index (χ2v) is 8.01. The Morgan fingerprint density at radius 1 is 1.11 bits per heavy atom. The van der Waals surface area contributed by atoms with Crippen molar-refractivity contribution in [2.24, 2.45) is 5.10 Å². The Morgan fingerprint density at radius 3 is 2.69 bits per heavy atom. The fourth-order valence-electron chi connectivity index (χ4n) is 3.13. The van der Waals surface area contributed by atoms with Gasteiger partial charge in [-0.15, -0.1) is 10.2 Å². The minimum atomic E-state index is -0.408. The van der Waals surface area contributed by atoms with E-state index in [4.69, 9.17) is 21.1 Å². The van der Waals surface area contributed by atoms with Crippen LogP contribution in [0.3, 0.4) is 0 Å². The highest BCUT2D eigenvalue weighted by Crippen LogP contribution is 2.28. The number of methoxy groups -OCH3 is 1. The molecule has 0 bridgehead atoms. The lowest BCUT2D eigenvalue weighted by atomic mass is 10.2. The Labute approximate surface area is 207 Å². The summed E-state index contributed by atoms with van der Waals surface area (Å²) < 4.78 is 11.3. The third-order valence-corrected chi connectivity index (χ3v) is 5.29. The zero-order valence-electron chi connectivity index (χ0n) is 19.2. The molecule has 0 saturated carbocycles. The SMILES string of the molecule is COc1cc(/C=N/NC(=O)Cn2nnc(-c3ccccc3Cl)n2)ccc1OCc1ccc(C)cc1. The summed E-state index contributed by atoms with van der Waals surface area (Å²) >= 11 is 6.15.